The van der Waals surface area contributed by atoms with Gasteiger partial charge in [0, 0.05) is 33.1 Å². The van der Waals surface area contributed by atoms with Gasteiger partial charge in [0.15, 0.2) is 6.23 Å². The first-order chi connectivity index (χ1) is 10.0. The maximum absolute atomic E-state index is 12.1. The number of nitrogens with zero attached hydrogens (tertiary/aromatic N) is 2. The molecule has 0 radical (unpaired) electrons. The molecule has 8 nitrogen and oxygen atoms in total. The van der Waals surface area contributed by atoms with Crippen molar-refractivity contribution in [1.29, 1.82) is 0 Å². The molecule has 1 aliphatic heterocycles. The number of rotatable bonds is 5. The maximum atomic E-state index is 12.1. The van der Waals surface area contributed by atoms with Crippen LogP contribution < -0.4 is 11.4 Å². The van der Waals surface area contributed by atoms with Crippen LogP contribution >= 0.6 is 0 Å². The van der Waals surface area contributed by atoms with Gasteiger partial charge >= 0.3 is 5.69 Å². The number of ether oxygens (including phenoxy) is 4. The van der Waals surface area contributed by atoms with Crippen LogP contribution in [0.4, 0.5) is 5.82 Å². The fourth-order valence-corrected chi connectivity index (χ4v) is 2.53. The Hall–Kier alpha value is -1.48. The van der Waals surface area contributed by atoms with E-state index >= 15 is 0 Å². The number of aromatic nitrogens is 2. The number of hydrogen-bond acceptors (Lipinski definition) is 7. The molecule has 4 unspecified atom stereocenters. The van der Waals surface area contributed by atoms with Gasteiger partial charge in [-0.3, -0.25) is 4.57 Å². The van der Waals surface area contributed by atoms with E-state index < -0.39 is 18.0 Å². The molecular weight excluding hydrogens is 278 g/mol. The van der Waals surface area contributed by atoms with Crippen molar-refractivity contribution in [2.24, 2.45) is 0 Å². The summed E-state index contributed by atoms with van der Waals surface area (Å²) in [5.74, 6) is 0.208. The number of methoxy groups -OCH3 is 3. The molecule has 1 aromatic rings. The third-order valence-electron chi connectivity index (χ3n) is 3.61. The predicted molar refractivity (Wildman–Crippen MR) is 75.0 cm³/mol. The molecule has 4 atom stereocenters. The summed E-state index contributed by atoms with van der Waals surface area (Å²) >= 11 is 0. The van der Waals surface area contributed by atoms with E-state index in [1.54, 1.807) is 34.4 Å². The van der Waals surface area contributed by atoms with Gasteiger partial charge in [-0.2, -0.15) is 4.98 Å². The number of nitrogens with two attached hydrogens (primary N) is 1. The van der Waals surface area contributed by atoms with Crippen LogP contribution in [0.25, 0.3) is 0 Å². The first kappa shape index (κ1) is 15.9. The number of aryl methyl sites for hydroxylation is 1. The molecule has 1 saturated heterocycles. The van der Waals surface area contributed by atoms with Gasteiger partial charge in [0.25, 0.3) is 0 Å². The van der Waals surface area contributed by atoms with Crippen molar-refractivity contribution in [3.63, 3.8) is 0 Å². The zero-order valence-corrected chi connectivity index (χ0v) is 12.6. The highest BCUT2D eigenvalue weighted by Crippen LogP contribution is 2.32. The van der Waals surface area contributed by atoms with E-state index in [0.29, 0.717) is 12.2 Å². The second-order valence-corrected chi connectivity index (χ2v) is 4.92. The third-order valence-corrected chi connectivity index (χ3v) is 3.61. The van der Waals surface area contributed by atoms with E-state index in [4.69, 9.17) is 24.7 Å². The van der Waals surface area contributed by atoms with E-state index in [2.05, 4.69) is 4.98 Å². The van der Waals surface area contributed by atoms with Crippen LogP contribution in [0, 0.1) is 6.92 Å². The van der Waals surface area contributed by atoms with Crippen LogP contribution in [-0.2, 0) is 18.9 Å². The second kappa shape index (κ2) is 6.52. The molecule has 0 saturated carbocycles. The summed E-state index contributed by atoms with van der Waals surface area (Å²) in [6.07, 6.45) is -0.148. The summed E-state index contributed by atoms with van der Waals surface area (Å²) in [6, 6.07) is 0. The molecule has 1 aromatic heterocycles. The largest absolute Gasteiger partial charge is 0.383 e. The maximum Gasteiger partial charge on any atom is 0.351 e. The third kappa shape index (κ3) is 2.93. The van der Waals surface area contributed by atoms with Crippen molar-refractivity contribution in [3.8, 4) is 0 Å². The Labute approximate surface area is 122 Å². The summed E-state index contributed by atoms with van der Waals surface area (Å²) in [6.45, 7) is 2.11. The van der Waals surface area contributed by atoms with E-state index in [9.17, 15) is 4.79 Å². The zero-order chi connectivity index (χ0) is 15.6. The Morgan fingerprint density at radius 3 is 2.57 bits per heavy atom. The van der Waals surface area contributed by atoms with Crippen molar-refractivity contribution in [2.45, 2.75) is 31.5 Å². The molecule has 118 valence electrons. The fourth-order valence-electron chi connectivity index (χ4n) is 2.53. The van der Waals surface area contributed by atoms with Crippen molar-refractivity contribution < 1.29 is 18.9 Å². The lowest BCUT2D eigenvalue weighted by atomic mass is 10.1. The van der Waals surface area contributed by atoms with Gasteiger partial charge < -0.3 is 24.7 Å². The van der Waals surface area contributed by atoms with Gasteiger partial charge in [0.2, 0.25) is 0 Å². The fraction of sp³-hybridized carbons (Fsp3) is 0.692. The molecule has 8 heteroatoms. The molecule has 2 heterocycles. The average molecular weight is 299 g/mol. The molecular formula is C13H21N3O5. The molecule has 2 N–H and O–H groups in total. The van der Waals surface area contributed by atoms with Gasteiger partial charge in [-0.25, -0.2) is 4.79 Å². The van der Waals surface area contributed by atoms with E-state index in [1.807, 2.05) is 0 Å². The van der Waals surface area contributed by atoms with E-state index in [0.717, 1.165) is 0 Å². The van der Waals surface area contributed by atoms with Crippen LogP contribution in [0.5, 0.6) is 0 Å². The number of hydrogen-bond donors (Lipinski definition) is 1. The first-order valence-corrected chi connectivity index (χ1v) is 6.58. The standard InChI is InChI=1S/C13H21N3O5/c1-7-5-16(13(17)15-11(7)14)12-10(20-4)9(19-3)8(21-12)6-18-2/h5,8-10,12H,6H2,1-4H3,(H2,14,15,17). The van der Waals surface area contributed by atoms with Crippen molar-refractivity contribution in [2.75, 3.05) is 33.7 Å². The monoisotopic (exact) mass is 299 g/mol. The lowest BCUT2D eigenvalue weighted by Crippen LogP contribution is -2.39. The number of anilines is 1. The summed E-state index contributed by atoms with van der Waals surface area (Å²) in [4.78, 5) is 15.9. The van der Waals surface area contributed by atoms with Gasteiger partial charge in [0.1, 0.15) is 24.1 Å². The normalized spacial score (nSPS) is 29.0. The number of nitrogen functional groups attached to an aromatic ring is 1. The zero-order valence-electron chi connectivity index (χ0n) is 12.6. The molecule has 0 amide bonds. The Balaban J connectivity index is 2.38. The van der Waals surface area contributed by atoms with E-state index in [1.165, 1.54) is 4.57 Å². The van der Waals surface area contributed by atoms with Crippen molar-refractivity contribution in [3.05, 3.63) is 22.2 Å². The Kier molecular flexibility index (Phi) is 4.94. The highest BCUT2D eigenvalue weighted by molar-refractivity contribution is 5.35. The summed E-state index contributed by atoms with van der Waals surface area (Å²) in [5, 5.41) is 0. The van der Waals surface area contributed by atoms with Crippen molar-refractivity contribution >= 4 is 5.82 Å². The lowest BCUT2D eigenvalue weighted by molar-refractivity contribution is -0.0672. The van der Waals surface area contributed by atoms with Crippen molar-refractivity contribution in [1.82, 2.24) is 9.55 Å². The quantitative estimate of drug-likeness (QED) is 0.797. The van der Waals surface area contributed by atoms with Crippen LogP contribution in [0.1, 0.15) is 11.8 Å². The van der Waals surface area contributed by atoms with E-state index in [-0.39, 0.29) is 18.0 Å². The Bertz CT molecular complexity index is 547. The highest BCUT2D eigenvalue weighted by Gasteiger charge is 2.46. The van der Waals surface area contributed by atoms with Crippen LogP contribution in [-0.4, -0.2) is 55.8 Å². The minimum absolute atomic E-state index is 0.208. The average Bonchev–Trinajstić information content (AvgIpc) is 2.80. The first-order valence-electron chi connectivity index (χ1n) is 6.58. The summed E-state index contributed by atoms with van der Waals surface area (Å²) in [5.41, 5.74) is 5.85. The predicted octanol–water partition coefficient (Wildman–Crippen LogP) is -0.292. The Morgan fingerprint density at radius 1 is 1.33 bits per heavy atom. The minimum Gasteiger partial charge on any atom is -0.383 e. The van der Waals surface area contributed by atoms with Crippen LogP contribution in [0.15, 0.2) is 11.0 Å². The smallest absolute Gasteiger partial charge is 0.351 e. The lowest BCUT2D eigenvalue weighted by Gasteiger charge is -2.22. The highest BCUT2D eigenvalue weighted by atomic mass is 16.6. The molecule has 21 heavy (non-hydrogen) atoms. The Morgan fingerprint density at radius 2 is 2.00 bits per heavy atom. The van der Waals surface area contributed by atoms with Crippen LogP contribution in [0.2, 0.25) is 0 Å². The molecule has 2 rings (SSSR count). The van der Waals surface area contributed by atoms with Gasteiger partial charge in [-0.1, -0.05) is 0 Å². The molecule has 0 aromatic carbocycles. The van der Waals surface area contributed by atoms with Gasteiger partial charge in [0.05, 0.1) is 6.61 Å². The molecule has 1 aliphatic rings. The summed E-state index contributed by atoms with van der Waals surface area (Å²) < 4.78 is 23.3. The molecule has 1 fully saturated rings. The van der Waals surface area contributed by atoms with Crippen LogP contribution in [0.3, 0.4) is 0 Å². The minimum atomic E-state index is -0.639. The molecule has 0 bridgehead atoms. The molecule has 0 spiro atoms. The topological polar surface area (TPSA) is 97.8 Å². The van der Waals surface area contributed by atoms with Gasteiger partial charge in [-0.15, -0.1) is 0 Å². The van der Waals surface area contributed by atoms with Gasteiger partial charge in [-0.05, 0) is 6.92 Å². The summed E-state index contributed by atoms with van der Waals surface area (Å²) in [7, 11) is 4.69. The SMILES string of the molecule is COCC1OC(n2cc(C)c(N)nc2=O)C(OC)C1OC. The molecule has 0 aliphatic carbocycles. The second-order valence-electron chi connectivity index (χ2n) is 4.92.